The number of carbonyl (C=O) groups is 1. The van der Waals surface area contributed by atoms with E-state index in [0.29, 0.717) is 17.0 Å². The predicted molar refractivity (Wildman–Crippen MR) is 91.9 cm³/mol. The number of thioether (sulfide) groups is 1. The molecule has 0 aliphatic heterocycles. The summed E-state index contributed by atoms with van der Waals surface area (Å²) in [5, 5.41) is 11.8. The number of para-hydroxylation sites is 1. The SMILES string of the molecule is N#Cc1ccccc1NC(=O)CSCCCc1ccccc1. The van der Waals surface area contributed by atoms with Crippen LogP contribution in [0, 0.1) is 11.3 Å². The third kappa shape index (κ3) is 5.27. The number of carbonyl (C=O) groups excluding carboxylic acids is 1. The van der Waals surface area contributed by atoms with Crippen molar-refractivity contribution >= 4 is 23.4 Å². The molecule has 0 atom stereocenters. The second-order valence-electron chi connectivity index (χ2n) is 4.85. The van der Waals surface area contributed by atoms with Crippen LogP contribution in [0.5, 0.6) is 0 Å². The van der Waals surface area contributed by atoms with Gasteiger partial charge in [0.1, 0.15) is 6.07 Å². The Bertz CT molecular complexity index is 650. The van der Waals surface area contributed by atoms with E-state index in [-0.39, 0.29) is 5.91 Å². The number of anilines is 1. The maximum atomic E-state index is 11.9. The van der Waals surface area contributed by atoms with Crippen LogP contribution in [0.3, 0.4) is 0 Å². The van der Waals surface area contributed by atoms with Crippen LogP contribution >= 0.6 is 11.8 Å². The summed E-state index contributed by atoms with van der Waals surface area (Å²) in [5.41, 5.74) is 2.40. The first-order valence-electron chi connectivity index (χ1n) is 7.20. The van der Waals surface area contributed by atoms with Crippen molar-refractivity contribution in [3.8, 4) is 6.07 Å². The van der Waals surface area contributed by atoms with E-state index in [9.17, 15) is 4.79 Å². The van der Waals surface area contributed by atoms with Crippen LogP contribution in [0.1, 0.15) is 17.5 Å². The molecule has 4 heteroatoms. The summed E-state index contributed by atoms with van der Waals surface area (Å²) in [6.45, 7) is 0. The monoisotopic (exact) mass is 310 g/mol. The maximum Gasteiger partial charge on any atom is 0.234 e. The molecule has 0 saturated carbocycles. The Morgan fingerprint density at radius 2 is 1.82 bits per heavy atom. The van der Waals surface area contributed by atoms with E-state index in [1.54, 1.807) is 30.0 Å². The lowest BCUT2D eigenvalue weighted by Crippen LogP contribution is -2.15. The number of amides is 1. The molecule has 0 spiro atoms. The van der Waals surface area contributed by atoms with Gasteiger partial charge in [-0.25, -0.2) is 0 Å². The Hall–Kier alpha value is -2.25. The molecule has 112 valence electrons. The number of nitrogens with one attached hydrogen (secondary N) is 1. The van der Waals surface area contributed by atoms with Crippen LogP contribution in [0.2, 0.25) is 0 Å². The fraction of sp³-hybridized carbons (Fsp3) is 0.222. The number of hydrogen-bond donors (Lipinski definition) is 1. The van der Waals surface area contributed by atoms with E-state index in [0.717, 1.165) is 18.6 Å². The van der Waals surface area contributed by atoms with Gasteiger partial charge in [-0.2, -0.15) is 17.0 Å². The van der Waals surface area contributed by atoms with Crippen LogP contribution in [0.25, 0.3) is 0 Å². The van der Waals surface area contributed by atoms with Crippen LogP contribution in [0.15, 0.2) is 54.6 Å². The molecule has 0 aliphatic carbocycles. The van der Waals surface area contributed by atoms with E-state index in [2.05, 4.69) is 23.5 Å². The first-order chi connectivity index (χ1) is 10.8. The summed E-state index contributed by atoms with van der Waals surface area (Å²) in [6, 6.07) is 19.5. The summed E-state index contributed by atoms with van der Waals surface area (Å²) in [4.78, 5) is 11.9. The standard InChI is InChI=1S/C18H18N2OS/c19-13-16-10-4-5-11-17(16)20-18(21)14-22-12-6-9-15-7-2-1-3-8-15/h1-5,7-8,10-11H,6,9,12,14H2,(H,20,21). The minimum atomic E-state index is -0.0626. The lowest BCUT2D eigenvalue weighted by Gasteiger charge is -2.06. The van der Waals surface area contributed by atoms with Crippen molar-refractivity contribution in [3.63, 3.8) is 0 Å². The molecule has 1 amide bonds. The summed E-state index contributed by atoms with van der Waals surface area (Å²) in [7, 11) is 0. The van der Waals surface area contributed by atoms with Gasteiger partial charge in [0.2, 0.25) is 5.91 Å². The van der Waals surface area contributed by atoms with Crippen molar-refractivity contribution in [2.45, 2.75) is 12.8 Å². The van der Waals surface area contributed by atoms with E-state index in [4.69, 9.17) is 5.26 Å². The van der Waals surface area contributed by atoms with Crippen LogP contribution < -0.4 is 5.32 Å². The van der Waals surface area contributed by atoms with E-state index >= 15 is 0 Å². The molecule has 0 bridgehead atoms. The van der Waals surface area contributed by atoms with Gasteiger partial charge >= 0.3 is 0 Å². The second kappa shape index (κ2) is 8.91. The van der Waals surface area contributed by atoms with E-state index in [1.807, 2.05) is 24.3 Å². The van der Waals surface area contributed by atoms with Crippen molar-refractivity contribution in [3.05, 3.63) is 65.7 Å². The molecule has 0 aromatic heterocycles. The zero-order valence-electron chi connectivity index (χ0n) is 12.3. The second-order valence-corrected chi connectivity index (χ2v) is 5.95. The summed E-state index contributed by atoms with van der Waals surface area (Å²) in [6.07, 6.45) is 2.09. The molecular weight excluding hydrogens is 292 g/mol. The van der Waals surface area contributed by atoms with Gasteiger partial charge in [-0.1, -0.05) is 42.5 Å². The largest absolute Gasteiger partial charge is 0.324 e. The molecule has 2 aromatic rings. The predicted octanol–water partition coefficient (Wildman–Crippen LogP) is 3.86. The fourth-order valence-electron chi connectivity index (χ4n) is 2.06. The van der Waals surface area contributed by atoms with Crippen molar-refractivity contribution in [1.82, 2.24) is 0 Å². The van der Waals surface area contributed by atoms with Crippen LogP contribution in [0.4, 0.5) is 5.69 Å². The summed E-state index contributed by atoms with van der Waals surface area (Å²) < 4.78 is 0. The van der Waals surface area contributed by atoms with Gasteiger partial charge < -0.3 is 5.32 Å². The molecule has 2 aromatic carbocycles. The zero-order valence-corrected chi connectivity index (χ0v) is 13.1. The first-order valence-corrected chi connectivity index (χ1v) is 8.35. The highest BCUT2D eigenvalue weighted by molar-refractivity contribution is 7.99. The first kappa shape index (κ1) is 16.1. The quantitative estimate of drug-likeness (QED) is 0.790. The average molecular weight is 310 g/mol. The zero-order chi connectivity index (χ0) is 15.6. The Morgan fingerprint density at radius 1 is 1.09 bits per heavy atom. The van der Waals surface area contributed by atoms with E-state index < -0.39 is 0 Å². The number of rotatable bonds is 7. The van der Waals surface area contributed by atoms with Gasteiger partial charge in [0.15, 0.2) is 0 Å². The van der Waals surface area contributed by atoms with Crippen molar-refractivity contribution < 1.29 is 4.79 Å². The molecule has 22 heavy (non-hydrogen) atoms. The highest BCUT2D eigenvalue weighted by Crippen LogP contribution is 2.14. The number of aryl methyl sites for hydroxylation is 1. The highest BCUT2D eigenvalue weighted by Gasteiger charge is 2.06. The molecule has 1 N–H and O–H groups in total. The van der Waals surface area contributed by atoms with Gasteiger partial charge in [0.05, 0.1) is 17.0 Å². The van der Waals surface area contributed by atoms with E-state index in [1.165, 1.54) is 5.56 Å². The van der Waals surface area contributed by atoms with Gasteiger partial charge in [0, 0.05) is 0 Å². The average Bonchev–Trinajstić information content (AvgIpc) is 2.56. The van der Waals surface area contributed by atoms with Crippen LogP contribution in [-0.2, 0) is 11.2 Å². The third-order valence-electron chi connectivity index (χ3n) is 3.15. The summed E-state index contributed by atoms with van der Waals surface area (Å²) in [5.74, 6) is 1.30. The summed E-state index contributed by atoms with van der Waals surface area (Å²) >= 11 is 1.62. The molecule has 0 heterocycles. The molecule has 0 unspecified atom stereocenters. The molecule has 0 fully saturated rings. The fourth-order valence-corrected chi connectivity index (χ4v) is 2.81. The van der Waals surface area contributed by atoms with Crippen molar-refractivity contribution in [2.24, 2.45) is 0 Å². The molecule has 3 nitrogen and oxygen atoms in total. The minimum Gasteiger partial charge on any atom is -0.324 e. The number of nitrogens with zero attached hydrogens (tertiary/aromatic N) is 1. The third-order valence-corrected chi connectivity index (χ3v) is 4.20. The smallest absolute Gasteiger partial charge is 0.234 e. The van der Waals surface area contributed by atoms with Crippen LogP contribution in [-0.4, -0.2) is 17.4 Å². The topological polar surface area (TPSA) is 52.9 Å². The molecule has 2 rings (SSSR count). The molecule has 0 saturated heterocycles. The number of nitriles is 1. The minimum absolute atomic E-state index is 0.0626. The Kier molecular flexibility index (Phi) is 6.53. The van der Waals surface area contributed by atoms with Gasteiger partial charge in [0.25, 0.3) is 0 Å². The van der Waals surface area contributed by atoms with Gasteiger partial charge in [-0.15, -0.1) is 0 Å². The van der Waals surface area contributed by atoms with Gasteiger partial charge in [-0.3, -0.25) is 4.79 Å². The highest BCUT2D eigenvalue weighted by atomic mass is 32.2. The molecule has 0 aliphatic rings. The number of hydrogen-bond acceptors (Lipinski definition) is 3. The molecule has 0 radical (unpaired) electrons. The van der Waals surface area contributed by atoms with Crippen molar-refractivity contribution in [2.75, 3.05) is 16.8 Å². The Labute approximate surface area is 135 Å². The normalized spacial score (nSPS) is 9.95. The van der Waals surface area contributed by atoms with Crippen molar-refractivity contribution in [1.29, 1.82) is 5.26 Å². The Morgan fingerprint density at radius 3 is 2.59 bits per heavy atom. The molecular formula is C18H18N2OS. The lowest BCUT2D eigenvalue weighted by molar-refractivity contribution is -0.113. The lowest BCUT2D eigenvalue weighted by atomic mass is 10.1. The maximum absolute atomic E-state index is 11.9. The Balaban J connectivity index is 1.67. The number of benzene rings is 2. The van der Waals surface area contributed by atoms with Gasteiger partial charge in [-0.05, 0) is 36.3 Å².